The van der Waals surface area contributed by atoms with E-state index < -0.39 is 0 Å². The van der Waals surface area contributed by atoms with E-state index in [1.54, 1.807) is 29.2 Å². The first-order valence-corrected chi connectivity index (χ1v) is 10.4. The standard InChI is InChI=1S/C24H28N2O4/c1-3-4-13-30-24(29)19-9-11-21(12-10-19)25-23(28)20-14-22(27)26(16-20)15-18-7-5-17(2)6-8-18/h5-12,20H,3-4,13-16H2,1-2H3,(H,25,28)/t20-/m0/s1. The molecular formula is C24H28N2O4. The number of rotatable bonds is 8. The molecule has 1 aliphatic heterocycles. The van der Waals surface area contributed by atoms with Gasteiger partial charge in [-0.2, -0.15) is 0 Å². The van der Waals surface area contributed by atoms with Crippen molar-refractivity contribution in [2.24, 2.45) is 5.92 Å². The Hall–Kier alpha value is -3.15. The van der Waals surface area contributed by atoms with Gasteiger partial charge in [0, 0.05) is 25.2 Å². The van der Waals surface area contributed by atoms with Gasteiger partial charge < -0.3 is 15.0 Å². The van der Waals surface area contributed by atoms with Crippen molar-refractivity contribution in [1.82, 2.24) is 4.90 Å². The highest BCUT2D eigenvalue weighted by Gasteiger charge is 2.34. The first-order chi connectivity index (χ1) is 14.5. The molecule has 2 aromatic carbocycles. The normalized spacial score (nSPS) is 15.9. The highest BCUT2D eigenvalue weighted by Crippen LogP contribution is 2.22. The number of hydrogen-bond acceptors (Lipinski definition) is 4. The van der Waals surface area contributed by atoms with Crippen LogP contribution in [0.2, 0.25) is 0 Å². The molecule has 0 bridgehead atoms. The number of hydrogen-bond donors (Lipinski definition) is 1. The van der Waals surface area contributed by atoms with E-state index in [2.05, 4.69) is 5.32 Å². The zero-order valence-electron chi connectivity index (χ0n) is 17.5. The van der Waals surface area contributed by atoms with Crippen molar-refractivity contribution < 1.29 is 19.1 Å². The van der Waals surface area contributed by atoms with E-state index in [-0.39, 0.29) is 30.1 Å². The molecule has 0 saturated carbocycles. The number of amides is 2. The molecule has 0 aliphatic carbocycles. The van der Waals surface area contributed by atoms with E-state index >= 15 is 0 Å². The van der Waals surface area contributed by atoms with Gasteiger partial charge >= 0.3 is 5.97 Å². The van der Waals surface area contributed by atoms with Crippen LogP contribution in [0.25, 0.3) is 0 Å². The molecule has 2 aromatic rings. The number of anilines is 1. The number of nitrogens with zero attached hydrogens (tertiary/aromatic N) is 1. The van der Waals surface area contributed by atoms with Gasteiger partial charge in [0.05, 0.1) is 18.1 Å². The molecule has 1 aliphatic rings. The zero-order chi connectivity index (χ0) is 21.5. The summed E-state index contributed by atoms with van der Waals surface area (Å²) < 4.78 is 5.18. The topological polar surface area (TPSA) is 75.7 Å². The lowest BCUT2D eigenvalue weighted by Gasteiger charge is -2.17. The molecule has 2 amide bonds. The van der Waals surface area contributed by atoms with E-state index in [0.29, 0.717) is 30.9 Å². The Balaban J connectivity index is 1.52. The maximum absolute atomic E-state index is 12.6. The monoisotopic (exact) mass is 408 g/mol. The highest BCUT2D eigenvalue weighted by molar-refractivity contribution is 5.97. The number of carbonyl (C=O) groups is 3. The minimum Gasteiger partial charge on any atom is -0.462 e. The van der Waals surface area contributed by atoms with Crippen molar-refractivity contribution in [1.29, 1.82) is 0 Å². The van der Waals surface area contributed by atoms with Crippen molar-refractivity contribution in [2.75, 3.05) is 18.5 Å². The molecule has 6 nitrogen and oxygen atoms in total. The van der Waals surface area contributed by atoms with Gasteiger partial charge in [-0.05, 0) is 43.2 Å². The average molecular weight is 408 g/mol. The second kappa shape index (κ2) is 10.1. The molecule has 1 fully saturated rings. The smallest absolute Gasteiger partial charge is 0.338 e. The van der Waals surface area contributed by atoms with E-state index in [4.69, 9.17) is 4.74 Å². The second-order valence-electron chi connectivity index (χ2n) is 7.72. The van der Waals surface area contributed by atoms with Crippen LogP contribution in [0.1, 0.15) is 47.7 Å². The lowest BCUT2D eigenvalue weighted by Crippen LogP contribution is -2.28. The summed E-state index contributed by atoms with van der Waals surface area (Å²) in [7, 11) is 0. The quantitative estimate of drug-likeness (QED) is 0.530. The molecule has 30 heavy (non-hydrogen) atoms. The molecule has 1 atom stereocenters. The summed E-state index contributed by atoms with van der Waals surface area (Å²) in [5.41, 5.74) is 3.26. The summed E-state index contributed by atoms with van der Waals surface area (Å²) in [6.45, 7) is 5.37. The third kappa shape index (κ3) is 5.69. The Morgan fingerprint density at radius 3 is 2.47 bits per heavy atom. The Bertz CT molecular complexity index is 890. The summed E-state index contributed by atoms with van der Waals surface area (Å²) in [6, 6.07) is 14.7. The Kier molecular flexibility index (Phi) is 7.22. The zero-order valence-corrected chi connectivity index (χ0v) is 17.5. The third-order valence-electron chi connectivity index (χ3n) is 5.20. The second-order valence-corrected chi connectivity index (χ2v) is 7.72. The number of carbonyl (C=O) groups excluding carboxylic acids is 3. The van der Waals surface area contributed by atoms with E-state index in [9.17, 15) is 14.4 Å². The summed E-state index contributed by atoms with van der Waals surface area (Å²) in [5, 5.41) is 2.84. The van der Waals surface area contributed by atoms with E-state index in [0.717, 1.165) is 18.4 Å². The lowest BCUT2D eigenvalue weighted by molar-refractivity contribution is -0.128. The molecule has 6 heteroatoms. The van der Waals surface area contributed by atoms with Crippen LogP contribution >= 0.6 is 0 Å². The molecule has 1 heterocycles. The molecule has 1 saturated heterocycles. The highest BCUT2D eigenvalue weighted by atomic mass is 16.5. The number of ether oxygens (including phenoxy) is 1. The van der Waals surface area contributed by atoms with Crippen molar-refractivity contribution in [3.05, 3.63) is 65.2 Å². The van der Waals surface area contributed by atoms with Gasteiger partial charge in [-0.25, -0.2) is 4.79 Å². The SMILES string of the molecule is CCCCOC(=O)c1ccc(NC(=O)[C@H]2CC(=O)N(Cc3ccc(C)cc3)C2)cc1. The summed E-state index contributed by atoms with van der Waals surface area (Å²) in [5.74, 6) is -0.954. The summed E-state index contributed by atoms with van der Waals surface area (Å²) in [6.07, 6.45) is 2.00. The molecule has 158 valence electrons. The van der Waals surface area contributed by atoms with Gasteiger partial charge in [0.15, 0.2) is 0 Å². The van der Waals surface area contributed by atoms with E-state index in [1.165, 1.54) is 5.56 Å². The van der Waals surface area contributed by atoms with Gasteiger partial charge in [-0.3, -0.25) is 9.59 Å². The number of aryl methyl sites for hydroxylation is 1. The third-order valence-corrected chi connectivity index (χ3v) is 5.20. The summed E-state index contributed by atoms with van der Waals surface area (Å²) in [4.78, 5) is 38.6. The van der Waals surface area contributed by atoms with E-state index in [1.807, 2.05) is 38.1 Å². The number of unbranched alkanes of at least 4 members (excludes halogenated alkanes) is 1. The first-order valence-electron chi connectivity index (χ1n) is 10.4. The van der Waals surface area contributed by atoms with Crippen LogP contribution < -0.4 is 5.32 Å². The molecule has 0 aromatic heterocycles. The maximum atomic E-state index is 12.6. The summed E-state index contributed by atoms with van der Waals surface area (Å²) >= 11 is 0. The van der Waals surface area contributed by atoms with Crippen molar-refractivity contribution in [3.63, 3.8) is 0 Å². The van der Waals surface area contributed by atoms with Gasteiger partial charge in [-0.1, -0.05) is 43.2 Å². The molecular weight excluding hydrogens is 380 g/mol. The lowest BCUT2D eigenvalue weighted by atomic mass is 10.1. The van der Waals surface area contributed by atoms with Gasteiger partial charge in [0.2, 0.25) is 11.8 Å². The minimum atomic E-state index is -0.387. The molecule has 1 N–H and O–H groups in total. The van der Waals surface area contributed by atoms with Crippen LogP contribution in [0.15, 0.2) is 48.5 Å². The average Bonchev–Trinajstić information content (AvgIpc) is 3.11. The maximum Gasteiger partial charge on any atom is 0.338 e. The molecule has 3 rings (SSSR count). The fourth-order valence-corrected chi connectivity index (χ4v) is 3.34. The van der Waals surface area contributed by atoms with Crippen molar-refractivity contribution >= 4 is 23.5 Å². The Labute approximate surface area is 177 Å². The molecule has 0 spiro atoms. The number of esters is 1. The number of nitrogens with one attached hydrogen (secondary N) is 1. The van der Waals surface area contributed by atoms with Crippen LogP contribution in [0.3, 0.4) is 0 Å². The largest absolute Gasteiger partial charge is 0.462 e. The first kappa shape index (κ1) is 21.6. The molecule has 0 radical (unpaired) electrons. The van der Waals surface area contributed by atoms with Crippen LogP contribution in [0, 0.1) is 12.8 Å². The number of likely N-dealkylation sites (tertiary alicyclic amines) is 1. The fraction of sp³-hybridized carbons (Fsp3) is 0.375. The van der Waals surface area contributed by atoms with Crippen LogP contribution in [0.5, 0.6) is 0 Å². The Morgan fingerprint density at radius 2 is 1.80 bits per heavy atom. The van der Waals surface area contributed by atoms with Gasteiger partial charge in [0.25, 0.3) is 0 Å². The molecule has 0 unspecified atom stereocenters. The van der Waals surface area contributed by atoms with Crippen LogP contribution in [-0.2, 0) is 20.9 Å². The predicted octanol–water partition coefficient (Wildman–Crippen LogP) is 3.94. The number of benzene rings is 2. The van der Waals surface area contributed by atoms with Gasteiger partial charge in [-0.15, -0.1) is 0 Å². The Morgan fingerprint density at radius 1 is 1.10 bits per heavy atom. The van der Waals surface area contributed by atoms with Crippen LogP contribution in [-0.4, -0.2) is 35.8 Å². The fourth-order valence-electron chi connectivity index (χ4n) is 3.34. The van der Waals surface area contributed by atoms with Crippen molar-refractivity contribution in [3.8, 4) is 0 Å². The van der Waals surface area contributed by atoms with Gasteiger partial charge in [0.1, 0.15) is 0 Å². The minimum absolute atomic E-state index is 0.0131. The van der Waals surface area contributed by atoms with Crippen LogP contribution in [0.4, 0.5) is 5.69 Å². The van der Waals surface area contributed by atoms with Crippen molar-refractivity contribution in [2.45, 2.75) is 39.7 Å². The predicted molar refractivity (Wildman–Crippen MR) is 115 cm³/mol.